The van der Waals surface area contributed by atoms with Crippen molar-refractivity contribution in [2.75, 3.05) is 17.3 Å². The van der Waals surface area contributed by atoms with Gasteiger partial charge in [-0.05, 0) is 60.2 Å². The molecule has 1 aliphatic rings. The van der Waals surface area contributed by atoms with Crippen molar-refractivity contribution >= 4 is 40.4 Å². The summed E-state index contributed by atoms with van der Waals surface area (Å²) in [5, 5.41) is 3.33. The Bertz CT molecular complexity index is 1210. The van der Waals surface area contributed by atoms with Crippen molar-refractivity contribution in [2.45, 2.75) is 0 Å². The molecule has 3 aromatic carbocycles. The van der Waals surface area contributed by atoms with E-state index in [1.165, 1.54) is 43.5 Å². The Labute approximate surface area is 181 Å². The van der Waals surface area contributed by atoms with Gasteiger partial charge in [-0.15, -0.1) is 0 Å². The van der Waals surface area contributed by atoms with Gasteiger partial charge in [-0.2, -0.15) is 0 Å². The second kappa shape index (κ2) is 8.20. The molecule has 0 atom stereocenters. The quantitative estimate of drug-likeness (QED) is 0.566. The molecule has 0 bridgehead atoms. The molecular formula is C23H15ClF2N2O3. The number of carbonyl (C=O) groups is 2. The van der Waals surface area contributed by atoms with Crippen LogP contribution in [0.15, 0.2) is 72.4 Å². The van der Waals surface area contributed by atoms with Gasteiger partial charge < -0.3 is 10.1 Å². The first-order valence-corrected chi connectivity index (χ1v) is 9.52. The molecule has 0 spiro atoms. The minimum absolute atomic E-state index is 0.0383. The van der Waals surface area contributed by atoms with Crippen LogP contribution in [0, 0.1) is 11.6 Å². The van der Waals surface area contributed by atoms with Crippen LogP contribution >= 0.6 is 11.6 Å². The third-order valence-corrected chi connectivity index (χ3v) is 4.96. The third kappa shape index (κ3) is 3.87. The molecular weight excluding hydrogens is 426 g/mol. The molecule has 3 aromatic rings. The number of imide groups is 1. The molecule has 0 aromatic heterocycles. The minimum atomic E-state index is -0.655. The Morgan fingerprint density at radius 3 is 2.10 bits per heavy atom. The van der Waals surface area contributed by atoms with E-state index in [4.69, 9.17) is 16.3 Å². The number of hydrogen-bond donors (Lipinski definition) is 1. The first kappa shape index (κ1) is 20.6. The number of benzene rings is 3. The van der Waals surface area contributed by atoms with Gasteiger partial charge in [-0.3, -0.25) is 9.59 Å². The van der Waals surface area contributed by atoms with E-state index in [1.54, 1.807) is 18.2 Å². The zero-order valence-electron chi connectivity index (χ0n) is 16.2. The highest BCUT2D eigenvalue weighted by Crippen LogP contribution is 2.36. The maximum absolute atomic E-state index is 13.5. The van der Waals surface area contributed by atoms with E-state index in [0.29, 0.717) is 22.0 Å². The van der Waals surface area contributed by atoms with Gasteiger partial charge >= 0.3 is 0 Å². The van der Waals surface area contributed by atoms with Crippen molar-refractivity contribution in [3.63, 3.8) is 0 Å². The molecule has 5 nitrogen and oxygen atoms in total. The standard InChI is InChI=1S/C23H15ClF2N2O3/c1-31-19-11-4-14(24)12-18(19)27-21-20(13-2-5-15(25)6-3-13)22(29)28(23(21)30)17-9-7-16(26)8-10-17/h2-12,27H,1H3. The molecule has 8 heteroatoms. The summed E-state index contributed by atoms with van der Waals surface area (Å²) in [6, 6.07) is 14.9. The van der Waals surface area contributed by atoms with Crippen LogP contribution in [0.2, 0.25) is 5.02 Å². The largest absolute Gasteiger partial charge is 0.495 e. The maximum atomic E-state index is 13.5. The molecule has 0 saturated carbocycles. The second-order valence-corrected chi connectivity index (χ2v) is 7.09. The summed E-state index contributed by atoms with van der Waals surface area (Å²) in [5.41, 5.74) is 0.906. The van der Waals surface area contributed by atoms with Crippen molar-refractivity contribution < 1.29 is 23.1 Å². The predicted molar refractivity (Wildman–Crippen MR) is 114 cm³/mol. The van der Waals surface area contributed by atoms with Gasteiger partial charge in [-0.25, -0.2) is 13.7 Å². The van der Waals surface area contributed by atoms with Gasteiger partial charge in [-0.1, -0.05) is 23.7 Å². The number of halogens is 3. The molecule has 1 heterocycles. The van der Waals surface area contributed by atoms with Crippen molar-refractivity contribution in [3.8, 4) is 5.75 Å². The molecule has 1 aliphatic heterocycles. The van der Waals surface area contributed by atoms with E-state index < -0.39 is 23.4 Å². The lowest BCUT2D eigenvalue weighted by molar-refractivity contribution is -0.120. The average molecular weight is 441 g/mol. The van der Waals surface area contributed by atoms with E-state index in [-0.39, 0.29) is 17.0 Å². The Morgan fingerprint density at radius 2 is 1.48 bits per heavy atom. The van der Waals surface area contributed by atoms with Gasteiger partial charge in [0.1, 0.15) is 23.1 Å². The normalized spacial score (nSPS) is 13.7. The molecule has 0 unspecified atom stereocenters. The zero-order chi connectivity index (χ0) is 22.1. The van der Waals surface area contributed by atoms with Crippen molar-refractivity contribution in [1.82, 2.24) is 0 Å². The average Bonchev–Trinajstić information content (AvgIpc) is 2.99. The summed E-state index contributed by atoms with van der Waals surface area (Å²) in [6.45, 7) is 0. The maximum Gasteiger partial charge on any atom is 0.282 e. The van der Waals surface area contributed by atoms with E-state index in [9.17, 15) is 18.4 Å². The number of hydrogen-bond acceptors (Lipinski definition) is 4. The highest BCUT2D eigenvalue weighted by atomic mass is 35.5. The van der Waals surface area contributed by atoms with Gasteiger partial charge in [0.2, 0.25) is 0 Å². The Kier molecular flexibility index (Phi) is 5.44. The summed E-state index contributed by atoms with van der Waals surface area (Å²) in [6.07, 6.45) is 0. The smallest absolute Gasteiger partial charge is 0.282 e. The third-order valence-electron chi connectivity index (χ3n) is 4.72. The lowest BCUT2D eigenvalue weighted by Crippen LogP contribution is -2.32. The summed E-state index contributed by atoms with van der Waals surface area (Å²) < 4.78 is 32.1. The highest BCUT2D eigenvalue weighted by Gasteiger charge is 2.40. The van der Waals surface area contributed by atoms with E-state index >= 15 is 0 Å². The first-order chi connectivity index (χ1) is 14.9. The van der Waals surface area contributed by atoms with E-state index in [2.05, 4.69) is 5.32 Å². The van der Waals surface area contributed by atoms with E-state index in [1.807, 2.05) is 0 Å². The number of carbonyl (C=O) groups excluding carboxylic acids is 2. The fraction of sp³-hybridized carbons (Fsp3) is 0.0435. The SMILES string of the molecule is COc1ccc(Cl)cc1NC1=C(c2ccc(F)cc2)C(=O)N(c2ccc(F)cc2)C1=O. The fourth-order valence-electron chi connectivity index (χ4n) is 3.27. The first-order valence-electron chi connectivity index (χ1n) is 9.14. The highest BCUT2D eigenvalue weighted by molar-refractivity contribution is 6.46. The number of rotatable bonds is 5. The van der Waals surface area contributed by atoms with Crippen molar-refractivity contribution in [2.24, 2.45) is 0 Å². The molecule has 0 fully saturated rings. The van der Waals surface area contributed by atoms with Crippen LogP contribution in [-0.2, 0) is 9.59 Å². The van der Waals surface area contributed by atoms with Crippen LogP contribution in [0.1, 0.15) is 5.56 Å². The van der Waals surface area contributed by atoms with Crippen LogP contribution in [0.25, 0.3) is 5.57 Å². The van der Waals surface area contributed by atoms with Gasteiger partial charge in [0, 0.05) is 5.02 Å². The van der Waals surface area contributed by atoms with Crippen LogP contribution < -0.4 is 15.0 Å². The molecule has 0 saturated heterocycles. The van der Waals surface area contributed by atoms with E-state index in [0.717, 1.165) is 17.0 Å². The van der Waals surface area contributed by atoms with Crippen LogP contribution in [0.5, 0.6) is 5.75 Å². The molecule has 2 amide bonds. The number of ether oxygens (including phenoxy) is 1. The topological polar surface area (TPSA) is 58.6 Å². The summed E-state index contributed by atoms with van der Waals surface area (Å²) in [5.74, 6) is -1.88. The number of nitrogens with zero attached hydrogens (tertiary/aromatic N) is 1. The zero-order valence-corrected chi connectivity index (χ0v) is 16.9. The fourth-order valence-corrected chi connectivity index (χ4v) is 3.44. The summed E-state index contributed by atoms with van der Waals surface area (Å²) in [4.78, 5) is 27.5. The second-order valence-electron chi connectivity index (χ2n) is 6.65. The molecule has 31 heavy (non-hydrogen) atoms. The monoisotopic (exact) mass is 440 g/mol. The lowest BCUT2D eigenvalue weighted by atomic mass is 10.0. The van der Waals surface area contributed by atoms with Gasteiger partial charge in [0.05, 0.1) is 24.1 Å². The Morgan fingerprint density at radius 1 is 0.871 bits per heavy atom. The number of methoxy groups -OCH3 is 1. The van der Waals surface area contributed by atoms with Crippen LogP contribution in [-0.4, -0.2) is 18.9 Å². The van der Waals surface area contributed by atoms with Crippen molar-refractivity contribution in [1.29, 1.82) is 0 Å². The van der Waals surface area contributed by atoms with Crippen molar-refractivity contribution in [3.05, 3.63) is 94.6 Å². The predicted octanol–water partition coefficient (Wildman–Crippen LogP) is 5.02. The van der Waals surface area contributed by atoms with Gasteiger partial charge in [0.15, 0.2) is 0 Å². The molecule has 156 valence electrons. The molecule has 0 aliphatic carbocycles. The van der Waals surface area contributed by atoms with Gasteiger partial charge in [0.25, 0.3) is 11.8 Å². The minimum Gasteiger partial charge on any atom is -0.495 e. The summed E-state index contributed by atoms with van der Waals surface area (Å²) in [7, 11) is 1.45. The number of nitrogens with one attached hydrogen (secondary N) is 1. The number of amides is 2. The van der Waals surface area contributed by atoms with Crippen LogP contribution in [0.3, 0.4) is 0 Å². The molecule has 1 N–H and O–H groups in total. The Balaban J connectivity index is 1.85. The Hall–Kier alpha value is -3.71. The lowest BCUT2D eigenvalue weighted by Gasteiger charge is -2.16. The molecule has 4 rings (SSSR count). The van der Waals surface area contributed by atoms with Crippen LogP contribution in [0.4, 0.5) is 20.2 Å². The molecule has 0 radical (unpaired) electrons. The summed E-state index contributed by atoms with van der Waals surface area (Å²) >= 11 is 6.08. The number of anilines is 2.